The fraction of sp³-hybridized carbons (Fsp3) is 0.900. The SMILES string of the molecule is CCC(C#N)NC(CC)C(C)C. The van der Waals surface area contributed by atoms with Gasteiger partial charge in [-0.3, -0.25) is 5.32 Å². The molecule has 0 aliphatic rings. The van der Waals surface area contributed by atoms with Crippen LogP contribution in [0.25, 0.3) is 0 Å². The summed E-state index contributed by atoms with van der Waals surface area (Å²) in [7, 11) is 0. The van der Waals surface area contributed by atoms with Crippen LogP contribution in [0, 0.1) is 17.2 Å². The summed E-state index contributed by atoms with van der Waals surface area (Å²) >= 11 is 0. The summed E-state index contributed by atoms with van der Waals surface area (Å²) in [5, 5.41) is 12.1. The third kappa shape index (κ3) is 3.73. The molecule has 12 heavy (non-hydrogen) atoms. The van der Waals surface area contributed by atoms with E-state index in [-0.39, 0.29) is 6.04 Å². The van der Waals surface area contributed by atoms with Gasteiger partial charge < -0.3 is 0 Å². The molecule has 0 amide bonds. The first kappa shape index (κ1) is 11.4. The van der Waals surface area contributed by atoms with E-state index in [1.807, 2.05) is 6.92 Å². The lowest BCUT2D eigenvalue weighted by atomic mass is 10.0. The molecule has 0 spiro atoms. The molecule has 70 valence electrons. The number of hydrogen-bond acceptors (Lipinski definition) is 2. The molecule has 1 N–H and O–H groups in total. The van der Waals surface area contributed by atoms with Crippen LogP contribution in [0.4, 0.5) is 0 Å². The van der Waals surface area contributed by atoms with E-state index in [2.05, 4.69) is 32.2 Å². The standard InChI is InChI=1S/C10H20N2/c1-5-9(7-11)12-10(6-2)8(3)4/h8-10,12H,5-6H2,1-4H3. The smallest absolute Gasteiger partial charge is 0.0952 e. The Hall–Kier alpha value is -0.550. The van der Waals surface area contributed by atoms with Gasteiger partial charge >= 0.3 is 0 Å². The summed E-state index contributed by atoms with van der Waals surface area (Å²) in [4.78, 5) is 0. The zero-order valence-corrected chi connectivity index (χ0v) is 8.59. The van der Waals surface area contributed by atoms with Crippen LogP contribution < -0.4 is 5.32 Å². The van der Waals surface area contributed by atoms with E-state index >= 15 is 0 Å². The van der Waals surface area contributed by atoms with E-state index in [0.29, 0.717) is 12.0 Å². The minimum absolute atomic E-state index is 0.0253. The highest BCUT2D eigenvalue weighted by atomic mass is 14.9. The van der Waals surface area contributed by atoms with Gasteiger partial charge in [0, 0.05) is 6.04 Å². The molecule has 0 aliphatic heterocycles. The molecule has 2 atom stereocenters. The zero-order valence-electron chi connectivity index (χ0n) is 8.59. The Morgan fingerprint density at radius 2 is 1.83 bits per heavy atom. The summed E-state index contributed by atoms with van der Waals surface area (Å²) in [5.41, 5.74) is 0. The van der Waals surface area contributed by atoms with Crippen LogP contribution >= 0.6 is 0 Å². The molecule has 0 aliphatic carbocycles. The van der Waals surface area contributed by atoms with Crippen LogP contribution in [0.15, 0.2) is 0 Å². The van der Waals surface area contributed by atoms with E-state index in [1.54, 1.807) is 0 Å². The maximum Gasteiger partial charge on any atom is 0.0952 e. The maximum absolute atomic E-state index is 8.74. The summed E-state index contributed by atoms with van der Waals surface area (Å²) in [6, 6.07) is 2.77. The fourth-order valence-corrected chi connectivity index (χ4v) is 1.29. The topological polar surface area (TPSA) is 35.8 Å². The van der Waals surface area contributed by atoms with Crippen LogP contribution in [0.1, 0.15) is 40.5 Å². The molecule has 2 unspecified atom stereocenters. The molecule has 0 saturated heterocycles. The second-order valence-corrected chi connectivity index (χ2v) is 3.52. The van der Waals surface area contributed by atoms with Gasteiger partial charge in [-0.1, -0.05) is 27.7 Å². The van der Waals surface area contributed by atoms with Crippen molar-refractivity contribution >= 4 is 0 Å². The highest BCUT2D eigenvalue weighted by Crippen LogP contribution is 2.07. The Morgan fingerprint density at radius 1 is 1.25 bits per heavy atom. The van der Waals surface area contributed by atoms with E-state index in [1.165, 1.54) is 0 Å². The van der Waals surface area contributed by atoms with Gasteiger partial charge in [-0.05, 0) is 18.8 Å². The van der Waals surface area contributed by atoms with Gasteiger partial charge in [0.05, 0.1) is 12.1 Å². The normalized spacial score (nSPS) is 15.7. The molecule has 0 aromatic rings. The van der Waals surface area contributed by atoms with Crippen molar-refractivity contribution in [2.75, 3.05) is 0 Å². The fourth-order valence-electron chi connectivity index (χ4n) is 1.29. The van der Waals surface area contributed by atoms with E-state index in [0.717, 1.165) is 12.8 Å². The molecule has 0 aromatic heterocycles. The summed E-state index contributed by atoms with van der Waals surface area (Å²) < 4.78 is 0. The van der Waals surface area contributed by atoms with Gasteiger partial charge in [0.25, 0.3) is 0 Å². The minimum atomic E-state index is 0.0253. The van der Waals surface area contributed by atoms with Gasteiger partial charge in [-0.2, -0.15) is 5.26 Å². The van der Waals surface area contributed by atoms with Gasteiger partial charge in [0.1, 0.15) is 0 Å². The van der Waals surface area contributed by atoms with Crippen molar-refractivity contribution in [1.82, 2.24) is 5.32 Å². The molecular formula is C10H20N2. The number of nitrogens with zero attached hydrogens (tertiary/aromatic N) is 1. The Kier molecular flexibility index (Phi) is 5.74. The second-order valence-electron chi connectivity index (χ2n) is 3.52. The highest BCUT2D eigenvalue weighted by molar-refractivity contribution is 4.91. The largest absolute Gasteiger partial charge is 0.299 e. The van der Waals surface area contributed by atoms with E-state index < -0.39 is 0 Å². The first-order valence-electron chi connectivity index (χ1n) is 4.81. The summed E-state index contributed by atoms with van der Waals surface area (Å²) in [6.07, 6.45) is 1.98. The van der Waals surface area contributed by atoms with Gasteiger partial charge in [0.15, 0.2) is 0 Å². The van der Waals surface area contributed by atoms with Crippen LogP contribution in [0.3, 0.4) is 0 Å². The van der Waals surface area contributed by atoms with E-state index in [9.17, 15) is 0 Å². The first-order chi connectivity index (χ1) is 5.65. The monoisotopic (exact) mass is 168 g/mol. The predicted molar refractivity (Wildman–Crippen MR) is 51.7 cm³/mol. The number of hydrogen-bond donors (Lipinski definition) is 1. The van der Waals surface area contributed by atoms with Crippen molar-refractivity contribution in [2.24, 2.45) is 5.92 Å². The van der Waals surface area contributed by atoms with Gasteiger partial charge in [-0.15, -0.1) is 0 Å². The first-order valence-corrected chi connectivity index (χ1v) is 4.81. The van der Waals surface area contributed by atoms with Crippen LogP contribution in [0.2, 0.25) is 0 Å². The molecule has 0 heterocycles. The lowest BCUT2D eigenvalue weighted by Gasteiger charge is -2.23. The second kappa shape index (κ2) is 6.02. The van der Waals surface area contributed by atoms with E-state index in [4.69, 9.17) is 5.26 Å². The lowest BCUT2D eigenvalue weighted by Crippen LogP contribution is -2.39. The van der Waals surface area contributed by atoms with Crippen molar-refractivity contribution in [2.45, 2.75) is 52.6 Å². The molecule has 0 saturated carbocycles. The average Bonchev–Trinajstić information content (AvgIpc) is 2.06. The third-order valence-electron chi connectivity index (χ3n) is 2.22. The van der Waals surface area contributed by atoms with Gasteiger partial charge in [0.2, 0.25) is 0 Å². The molecule has 0 fully saturated rings. The molecule has 0 rings (SSSR count). The van der Waals surface area contributed by atoms with Crippen molar-refractivity contribution < 1.29 is 0 Å². The Bertz CT molecular complexity index is 146. The van der Waals surface area contributed by atoms with Crippen LogP contribution in [-0.4, -0.2) is 12.1 Å². The number of rotatable bonds is 5. The Morgan fingerprint density at radius 3 is 2.08 bits per heavy atom. The molecule has 0 radical (unpaired) electrons. The van der Waals surface area contributed by atoms with Crippen molar-refractivity contribution in [3.05, 3.63) is 0 Å². The van der Waals surface area contributed by atoms with Crippen LogP contribution in [-0.2, 0) is 0 Å². The number of nitriles is 1. The van der Waals surface area contributed by atoms with Crippen molar-refractivity contribution in [3.8, 4) is 6.07 Å². The lowest BCUT2D eigenvalue weighted by molar-refractivity contribution is 0.365. The number of nitrogens with one attached hydrogen (secondary N) is 1. The quantitative estimate of drug-likeness (QED) is 0.683. The maximum atomic E-state index is 8.74. The molecule has 0 aromatic carbocycles. The van der Waals surface area contributed by atoms with Crippen molar-refractivity contribution in [1.29, 1.82) is 5.26 Å². The minimum Gasteiger partial charge on any atom is -0.299 e. The molecular weight excluding hydrogens is 148 g/mol. The highest BCUT2D eigenvalue weighted by Gasteiger charge is 2.14. The zero-order chi connectivity index (χ0) is 9.56. The predicted octanol–water partition coefficient (Wildman–Crippen LogP) is 2.31. The molecule has 2 heteroatoms. The average molecular weight is 168 g/mol. The third-order valence-corrected chi connectivity index (χ3v) is 2.22. The molecule has 0 bridgehead atoms. The Balaban J connectivity index is 3.93. The Labute approximate surface area is 76.0 Å². The van der Waals surface area contributed by atoms with Crippen LogP contribution in [0.5, 0.6) is 0 Å². The summed E-state index contributed by atoms with van der Waals surface area (Å²) in [6.45, 7) is 8.56. The van der Waals surface area contributed by atoms with Gasteiger partial charge in [-0.25, -0.2) is 0 Å². The summed E-state index contributed by atoms with van der Waals surface area (Å²) in [5.74, 6) is 0.609. The van der Waals surface area contributed by atoms with Crippen molar-refractivity contribution in [3.63, 3.8) is 0 Å². The molecule has 2 nitrogen and oxygen atoms in total.